The maximum atomic E-state index is 6.85. The van der Waals surface area contributed by atoms with Gasteiger partial charge in [0.25, 0.3) is 0 Å². The summed E-state index contributed by atoms with van der Waals surface area (Å²) in [4.78, 5) is 15.5. The molecule has 11 rings (SSSR count). The molecule has 4 nitrogen and oxygen atoms in total. The Kier molecular flexibility index (Phi) is 7.78. The highest BCUT2D eigenvalue weighted by Crippen LogP contribution is 2.44. The van der Waals surface area contributed by atoms with Gasteiger partial charge in [0.15, 0.2) is 17.5 Å². The van der Waals surface area contributed by atoms with Gasteiger partial charge in [-0.1, -0.05) is 182 Å². The first-order valence-electron chi connectivity index (χ1n) is 19.2. The zero-order valence-electron chi connectivity index (χ0n) is 30.8. The summed E-state index contributed by atoms with van der Waals surface area (Å²) in [6.07, 6.45) is 0. The van der Waals surface area contributed by atoms with Crippen LogP contribution in [-0.4, -0.2) is 15.0 Å². The molecule has 0 unspecified atom stereocenters. The standard InChI is InChI=1S/C53H33N3O/c1-4-14-34(15-5-1)39-30-31-42(47(32-39)35-16-6-2-7-17-35)43-22-12-23-44-49-45(24-13-25-48(49)57-50(43)44)53-55-51(38-19-8-3-9-20-38)54-52(56-53)40-29-28-37-27-26-36-18-10-11-21-41(36)46(37)33-40/h1-33H. The number of fused-ring (bicyclic) bond motifs is 6. The monoisotopic (exact) mass is 727 g/mol. The van der Waals surface area contributed by atoms with Crippen LogP contribution < -0.4 is 0 Å². The van der Waals surface area contributed by atoms with E-state index in [1.165, 1.54) is 21.7 Å². The van der Waals surface area contributed by atoms with Crippen LogP contribution in [0.3, 0.4) is 0 Å². The third-order valence-corrected chi connectivity index (χ3v) is 10.9. The van der Waals surface area contributed by atoms with Crippen LogP contribution in [0.5, 0.6) is 0 Å². The molecule has 0 saturated heterocycles. The van der Waals surface area contributed by atoms with E-state index in [1.807, 2.05) is 42.5 Å². The lowest BCUT2D eigenvalue weighted by molar-refractivity contribution is 0.670. The molecule has 0 fully saturated rings. The first-order valence-corrected chi connectivity index (χ1v) is 19.2. The minimum Gasteiger partial charge on any atom is -0.455 e. The lowest BCUT2D eigenvalue weighted by Gasteiger charge is -2.13. The van der Waals surface area contributed by atoms with E-state index in [0.29, 0.717) is 17.5 Å². The molecule has 266 valence electrons. The van der Waals surface area contributed by atoms with Crippen molar-refractivity contribution < 1.29 is 4.42 Å². The summed E-state index contributed by atoms with van der Waals surface area (Å²) in [5.41, 5.74) is 11.1. The summed E-state index contributed by atoms with van der Waals surface area (Å²) in [6, 6.07) is 69.9. The SMILES string of the molecule is c1ccc(-c2ccc(-c3cccc4c3oc3cccc(-c5nc(-c6ccccc6)nc(-c6ccc7ccc8ccccc8c7c6)n5)c34)c(-c3ccccc3)c2)cc1. The summed E-state index contributed by atoms with van der Waals surface area (Å²) in [7, 11) is 0. The van der Waals surface area contributed by atoms with Crippen LogP contribution >= 0.6 is 0 Å². The van der Waals surface area contributed by atoms with Crippen molar-refractivity contribution >= 4 is 43.5 Å². The van der Waals surface area contributed by atoms with Crippen molar-refractivity contribution in [1.82, 2.24) is 15.0 Å². The molecular formula is C53H33N3O. The number of hydrogen-bond donors (Lipinski definition) is 0. The zero-order chi connectivity index (χ0) is 37.7. The van der Waals surface area contributed by atoms with Gasteiger partial charge in [-0.05, 0) is 67.6 Å². The molecule has 0 amide bonds. The van der Waals surface area contributed by atoms with Gasteiger partial charge in [0.05, 0.1) is 0 Å². The first kappa shape index (κ1) is 32.7. The van der Waals surface area contributed by atoms with Crippen LogP contribution in [0.4, 0.5) is 0 Å². The molecule has 0 N–H and O–H groups in total. The Hall–Kier alpha value is -7.69. The lowest BCUT2D eigenvalue weighted by Crippen LogP contribution is -2.00. The Balaban J connectivity index is 1.12. The van der Waals surface area contributed by atoms with Crippen molar-refractivity contribution in [3.63, 3.8) is 0 Å². The predicted molar refractivity (Wildman–Crippen MR) is 235 cm³/mol. The second-order valence-corrected chi connectivity index (χ2v) is 14.4. The largest absolute Gasteiger partial charge is 0.455 e. The van der Waals surface area contributed by atoms with Gasteiger partial charge >= 0.3 is 0 Å². The molecule has 0 radical (unpaired) electrons. The van der Waals surface area contributed by atoms with Crippen LogP contribution in [0.25, 0.3) is 111 Å². The highest BCUT2D eigenvalue weighted by molar-refractivity contribution is 6.16. The van der Waals surface area contributed by atoms with E-state index < -0.39 is 0 Å². The van der Waals surface area contributed by atoms with Gasteiger partial charge in [-0.25, -0.2) is 15.0 Å². The number of nitrogens with zero attached hydrogens (tertiary/aromatic N) is 3. The van der Waals surface area contributed by atoms with E-state index in [4.69, 9.17) is 19.4 Å². The maximum Gasteiger partial charge on any atom is 0.164 e. The van der Waals surface area contributed by atoms with Crippen molar-refractivity contribution in [2.24, 2.45) is 0 Å². The van der Waals surface area contributed by atoms with E-state index in [-0.39, 0.29) is 0 Å². The van der Waals surface area contributed by atoms with Crippen molar-refractivity contribution in [2.75, 3.05) is 0 Å². The Morgan fingerprint density at radius 3 is 1.67 bits per heavy atom. The quantitative estimate of drug-likeness (QED) is 0.160. The van der Waals surface area contributed by atoms with Crippen LogP contribution in [0.15, 0.2) is 205 Å². The first-order chi connectivity index (χ1) is 28.2. The topological polar surface area (TPSA) is 51.8 Å². The molecule has 0 aliphatic rings. The van der Waals surface area contributed by atoms with Crippen LogP contribution in [0, 0.1) is 0 Å². The number of rotatable bonds is 6. The molecule has 0 aliphatic heterocycles. The predicted octanol–water partition coefficient (Wildman–Crippen LogP) is 14.1. The Labute approximate surface area is 329 Å². The average Bonchev–Trinajstić information content (AvgIpc) is 3.69. The number of para-hydroxylation sites is 1. The highest BCUT2D eigenvalue weighted by atomic mass is 16.3. The molecule has 9 aromatic carbocycles. The molecule has 11 aromatic rings. The fraction of sp³-hybridized carbons (Fsp3) is 0. The van der Waals surface area contributed by atoms with Gasteiger partial charge in [0.2, 0.25) is 0 Å². The summed E-state index contributed by atoms with van der Waals surface area (Å²) in [5, 5.41) is 6.71. The molecule has 2 heterocycles. The highest BCUT2D eigenvalue weighted by Gasteiger charge is 2.21. The van der Waals surface area contributed by atoms with E-state index in [0.717, 1.165) is 71.8 Å². The van der Waals surface area contributed by atoms with Crippen LogP contribution in [0.2, 0.25) is 0 Å². The van der Waals surface area contributed by atoms with E-state index in [1.54, 1.807) is 0 Å². The molecule has 0 saturated carbocycles. The molecule has 0 aliphatic carbocycles. The number of hydrogen-bond acceptors (Lipinski definition) is 4. The average molecular weight is 728 g/mol. The second-order valence-electron chi connectivity index (χ2n) is 14.4. The minimum absolute atomic E-state index is 0.591. The number of furan rings is 1. The Morgan fingerprint density at radius 2 is 0.877 bits per heavy atom. The van der Waals surface area contributed by atoms with Crippen molar-refractivity contribution in [1.29, 1.82) is 0 Å². The van der Waals surface area contributed by atoms with Crippen LogP contribution in [0.1, 0.15) is 0 Å². The van der Waals surface area contributed by atoms with Gasteiger partial charge in [0.1, 0.15) is 11.2 Å². The van der Waals surface area contributed by atoms with Crippen molar-refractivity contribution in [3.05, 3.63) is 200 Å². The molecule has 0 bridgehead atoms. The lowest BCUT2D eigenvalue weighted by atomic mass is 9.90. The minimum atomic E-state index is 0.591. The Bertz CT molecular complexity index is 3280. The van der Waals surface area contributed by atoms with Gasteiger partial charge in [-0.2, -0.15) is 0 Å². The van der Waals surface area contributed by atoms with Gasteiger partial charge < -0.3 is 4.42 Å². The maximum absolute atomic E-state index is 6.85. The van der Waals surface area contributed by atoms with Crippen LogP contribution in [-0.2, 0) is 0 Å². The summed E-state index contributed by atoms with van der Waals surface area (Å²) in [6.45, 7) is 0. The van der Waals surface area contributed by atoms with Gasteiger partial charge in [-0.15, -0.1) is 0 Å². The molecular weight excluding hydrogens is 695 g/mol. The second kappa shape index (κ2) is 13.6. The van der Waals surface area contributed by atoms with Crippen molar-refractivity contribution in [3.8, 4) is 67.5 Å². The molecule has 2 aromatic heterocycles. The number of aromatic nitrogens is 3. The summed E-state index contributed by atoms with van der Waals surface area (Å²) in [5.74, 6) is 1.82. The van der Waals surface area contributed by atoms with Gasteiger partial charge in [0, 0.05) is 33.0 Å². The molecule has 4 heteroatoms. The van der Waals surface area contributed by atoms with E-state index in [2.05, 4.69) is 158 Å². The number of benzene rings is 9. The normalized spacial score (nSPS) is 11.5. The molecule has 0 atom stereocenters. The fourth-order valence-corrected chi connectivity index (χ4v) is 8.18. The van der Waals surface area contributed by atoms with E-state index in [9.17, 15) is 0 Å². The fourth-order valence-electron chi connectivity index (χ4n) is 8.18. The van der Waals surface area contributed by atoms with Gasteiger partial charge in [-0.3, -0.25) is 0 Å². The van der Waals surface area contributed by atoms with E-state index >= 15 is 0 Å². The third kappa shape index (κ3) is 5.74. The smallest absolute Gasteiger partial charge is 0.164 e. The third-order valence-electron chi connectivity index (χ3n) is 10.9. The summed E-state index contributed by atoms with van der Waals surface area (Å²) >= 11 is 0. The Morgan fingerprint density at radius 1 is 0.298 bits per heavy atom. The molecule has 57 heavy (non-hydrogen) atoms. The molecule has 0 spiro atoms. The zero-order valence-corrected chi connectivity index (χ0v) is 30.8. The summed E-state index contributed by atoms with van der Waals surface area (Å²) < 4.78 is 6.85. The van der Waals surface area contributed by atoms with Crippen molar-refractivity contribution in [2.45, 2.75) is 0 Å².